The number of hydrogen-bond acceptors (Lipinski definition) is 6. The molecule has 208 valence electrons. The van der Waals surface area contributed by atoms with Crippen LogP contribution in [0.3, 0.4) is 0 Å². The molecule has 0 bridgehead atoms. The molecular weight excluding hydrogens is 530 g/mol. The third-order valence-corrected chi connectivity index (χ3v) is 8.84. The van der Waals surface area contributed by atoms with Crippen LogP contribution in [-0.4, -0.2) is 75.7 Å². The number of rotatable bonds is 4. The van der Waals surface area contributed by atoms with Crippen molar-refractivity contribution in [1.82, 2.24) is 9.88 Å². The molecule has 2 fully saturated rings. The summed E-state index contributed by atoms with van der Waals surface area (Å²) in [4.78, 5) is 24.4. The Labute approximate surface area is 226 Å². The zero-order chi connectivity index (χ0) is 28.3. The number of alkyl halides is 2. The van der Waals surface area contributed by atoms with Gasteiger partial charge in [-0.15, -0.1) is 0 Å². The molecule has 1 saturated carbocycles. The van der Waals surface area contributed by atoms with Crippen LogP contribution < -0.4 is 13.5 Å². The highest BCUT2D eigenvalue weighted by Gasteiger charge is 2.59. The molecule has 5 rings (SSSR count). The number of aromatic nitrogens is 1. The molecule has 1 aliphatic carbocycles. The molecule has 1 saturated heterocycles. The van der Waals surface area contributed by atoms with E-state index in [4.69, 9.17) is 16.3 Å². The molecule has 13 heteroatoms. The number of halogens is 2. The number of pyridine rings is 1. The lowest BCUT2D eigenvalue weighted by molar-refractivity contribution is 0.0240. The van der Waals surface area contributed by atoms with E-state index in [1.165, 1.54) is 7.05 Å². The summed E-state index contributed by atoms with van der Waals surface area (Å²) >= 11 is 0. The van der Waals surface area contributed by atoms with Gasteiger partial charge in [-0.3, -0.25) is 8.61 Å². The lowest BCUT2D eigenvalue weighted by atomic mass is 10.1. The van der Waals surface area contributed by atoms with Gasteiger partial charge in [0.25, 0.3) is 5.92 Å². The number of anilines is 3. The summed E-state index contributed by atoms with van der Waals surface area (Å²) in [5.74, 6) is -3.35. The average molecular weight is 561 g/mol. The van der Waals surface area contributed by atoms with Crippen LogP contribution in [0.15, 0.2) is 30.3 Å². The fourth-order valence-electron chi connectivity index (χ4n) is 4.75. The lowest BCUT2D eigenvalue weighted by Crippen LogP contribution is -2.50. The Bertz CT molecular complexity index is 1460. The summed E-state index contributed by atoms with van der Waals surface area (Å²) < 4.78 is 60.7. The first-order chi connectivity index (χ1) is 18.2. The van der Waals surface area contributed by atoms with Crippen LogP contribution in [0.25, 0.3) is 16.1 Å². The summed E-state index contributed by atoms with van der Waals surface area (Å²) in [5, 5.41) is 0. The average Bonchev–Trinajstić information content (AvgIpc) is 3.44. The molecule has 1 unspecified atom stereocenters. The Hall–Kier alpha value is -3.66. The van der Waals surface area contributed by atoms with Crippen LogP contribution >= 0.6 is 0 Å². The molecule has 1 aromatic carbocycles. The summed E-state index contributed by atoms with van der Waals surface area (Å²) in [6.45, 7) is 14.5. The van der Waals surface area contributed by atoms with E-state index in [-0.39, 0.29) is 19.1 Å². The number of hydrogen-bond donors (Lipinski definition) is 0. The highest BCUT2D eigenvalue weighted by atomic mass is 32.2. The predicted octanol–water partition coefficient (Wildman–Crippen LogP) is 4.51. The van der Waals surface area contributed by atoms with Crippen LogP contribution in [0.5, 0.6) is 0 Å². The van der Waals surface area contributed by atoms with Crippen LogP contribution in [-0.2, 0) is 14.9 Å². The van der Waals surface area contributed by atoms with Gasteiger partial charge in [0.1, 0.15) is 11.4 Å². The first-order valence-corrected chi connectivity index (χ1v) is 14.0. The highest BCUT2D eigenvalue weighted by Crippen LogP contribution is 2.51. The van der Waals surface area contributed by atoms with Gasteiger partial charge in [-0.25, -0.2) is 23.4 Å². The second kappa shape index (κ2) is 9.22. The van der Waals surface area contributed by atoms with Gasteiger partial charge in [0.05, 0.1) is 23.6 Å². The van der Waals surface area contributed by atoms with Crippen LogP contribution in [0.1, 0.15) is 27.2 Å². The highest BCUT2D eigenvalue weighted by molar-refractivity contribution is 7.94. The van der Waals surface area contributed by atoms with Crippen molar-refractivity contribution in [2.24, 2.45) is 5.92 Å². The minimum absolute atomic E-state index is 0.274. The third kappa shape index (κ3) is 5.05. The van der Waals surface area contributed by atoms with E-state index in [1.807, 2.05) is 25.7 Å². The molecule has 39 heavy (non-hydrogen) atoms. The molecular formula is C26H30F2N6O4S. The summed E-state index contributed by atoms with van der Waals surface area (Å²) in [7, 11) is -2.57. The van der Waals surface area contributed by atoms with Crippen LogP contribution in [0, 0.1) is 12.5 Å². The van der Waals surface area contributed by atoms with Crippen molar-refractivity contribution in [1.29, 1.82) is 0 Å². The predicted molar refractivity (Wildman–Crippen MR) is 144 cm³/mol. The number of benzene rings is 1. The minimum Gasteiger partial charge on any atom is -0.444 e. The monoisotopic (exact) mass is 560 g/mol. The van der Waals surface area contributed by atoms with E-state index >= 15 is 0 Å². The van der Waals surface area contributed by atoms with Crippen molar-refractivity contribution in [3.63, 3.8) is 0 Å². The van der Waals surface area contributed by atoms with Gasteiger partial charge in [0.2, 0.25) is 5.69 Å². The minimum atomic E-state index is -3.97. The third-order valence-electron chi connectivity index (χ3n) is 7.05. The van der Waals surface area contributed by atoms with E-state index < -0.39 is 27.7 Å². The quantitative estimate of drug-likeness (QED) is 0.511. The normalized spacial score (nSPS) is 21.4. The maximum atomic E-state index is 13.5. The Morgan fingerprint density at radius 2 is 1.82 bits per heavy atom. The van der Waals surface area contributed by atoms with Crippen molar-refractivity contribution >= 4 is 39.2 Å². The van der Waals surface area contributed by atoms with Crippen molar-refractivity contribution in [2.75, 3.05) is 53.3 Å². The molecule has 0 N–H and O–H groups in total. The van der Waals surface area contributed by atoms with Crippen LogP contribution in [0.2, 0.25) is 0 Å². The zero-order valence-corrected chi connectivity index (χ0v) is 23.0. The van der Waals surface area contributed by atoms with Crippen molar-refractivity contribution in [3.8, 4) is 11.3 Å². The maximum Gasteiger partial charge on any atom is 0.410 e. The Balaban J connectivity index is 1.38. The zero-order valence-electron chi connectivity index (χ0n) is 22.2. The summed E-state index contributed by atoms with van der Waals surface area (Å²) in [5.41, 5.74) is 1.65. The number of ether oxygens (including phenoxy) is 1. The molecule has 0 spiro atoms. The number of nitrogens with zero attached hydrogens (tertiary/aromatic N) is 6. The van der Waals surface area contributed by atoms with Gasteiger partial charge in [0.15, 0.2) is 0 Å². The van der Waals surface area contributed by atoms with E-state index in [1.54, 1.807) is 35.2 Å². The van der Waals surface area contributed by atoms with Gasteiger partial charge in [-0.05, 0) is 39.0 Å². The molecule has 10 nitrogen and oxygen atoms in total. The standard InChI is InChI=1S/C26H30F2N6O4S/c1-25(2,3)38-24(35)33-12-10-32(11-13-33)23-20(29-4)8-7-19(30-23)17-6-9-21-22(14-17)31(5)39(36,37)34(21)16-18-15-26(18,27)28/h6-9,14,18H,10-13,15-16H2,1-3,5H3. The van der Waals surface area contributed by atoms with Crippen LogP contribution in [0.4, 0.5) is 36.5 Å². The van der Waals surface area contributed by atoms with Gasteiger partial charge in [-0.1, -0.05) is 12.1 Å². The second-order valence-electron chi connectivity index (χ2n) is 11.0. The maximum absolute atomic E-state index is 13.5. The lowest BCUT2D eigenvalue weighted by Gasteiger charge is -2.36. The molecule has 1 atom stereocenters. The molecule has 1 aromatic heterocycles. The topological polar surface area (TPSA) is 90.7 Å². The summed E-state index contributed by atoms with van der Waals surface area (Å²) in [6.07, 6.45) is -0.701. The van der Waals surface area contributed by atoms with E-state index in [0.29, 0.717) is 60.3 Å². The number of carbonyl (C=O) groups is 1. The fourth-order valence-corrected chi connectivity index (χ4v) is 6.21. The SMILES string of the molecule is [C-]#[N+]c1ccc(-c2ccc3c(c2)N(C)S(=O)(=O)N3CC2CC2(F)F)nc1N1CCN(C(=O)OC(C)(C)C)CC1. The Kier molecular flexibility index (Phi) is 6.37. The summed E-state index contributed by atoms with van der Waals surface area (Å²) in [6, 6.07) is 8.34. The van der Waals surface area contributed by atoms with Gasteiger partial charge < -0.3 is 14.5 Å². The fraction of sp³-hybridized carbons (Fsp3) is 0.500. The van der Waals surface area contributed by atoms with Crippen molar-refractivity contribution in [2.45, 2.75) is 38.7 Å². The molecule has 3 aliphatic rings. The number of amides is 1. The van der Waals surface area contributed by atoms with Gasteiger partial charge >= 0.3 is 16.3 Å². The molecule has 0 radical (unpaired) electrons. The number of carbonyl (C=O) groups excluding carboxylic acids is 1. The largest absolute Gasteiger partial charge is 0.444 e. The smallest absolute Gasteiger partial charge is 0.410 e. The second-order valence-corrected chi connectivity index (χ2v) is 12.9. The number of fused-ring (bicyclic) bond motifs is 1. The van der Waals surface area contributed by atoms with Crippen molar-refractivity contribution in [3.05, 3.63) is 41.7 Å². The van der Waals surface area contributed by atoms with E-state index in [0.717, 1.165) is 8.61 Å². The molecule has 3 heterocycles. The number of piperazine rings is 1. The molecule has 2 aliphatic heterocycles. The first-order valence-electron chi connectivity index (χ1n) is 12.6. The Morgan fingerprint density at radius 1 is 1.15 bits per heavy atom. The van der Waals surface area contributed by atoms with Crippen molar-refractivity contribution < 1.29 is 26.7 Å². The van der Waals surface area contributed by atoms with E-state index in [9.17, 15) is 22.0 Å². The first kappa shape index (κ1) is 26.9. The van der Waals surface area contributed by atoms with E-state index in [2.05, 4.69) is 4.85 Å². The molecule has 1 amide bonds. The Morgan fingerprint density at radius 3 is 2.41 bits per heavy atom. The van der Waals surface area contributed by atoms with Gasteiger partial charge in [-0.2, -0.15) is 8.42 Å². The molecule has 2 aromatic rings. The van der Waals surface area contributed by atoms with Gasteiger partial charge in [0, 0.05) is 57.7 Å².